The quantitative estimate of drug-likeness (QED) is 0.720. The summed E-state index contributed by atoms with van der Waals surface area (Å²) in [5, 5.41) is 4.79. The van der Waals surface area contributed by atoms with Gasteiger partial charge in [0.2, 0.25) is 5.91 Å². The van der Waals surface area contributed by atoms with Gasteiger partial charge in [-0.3, -0.25) is 14.5 Å². The van der Waals surface area contributed by atoms with Gasteiger partial charge < -0.3 is 14.8 Å². The van der Waals surface area contributed by atoms with E-state index in [-0.39, 0.29) is 18.4 Å². The molecule has 146 valence electrons. The minimum atomic E-state index is -0.207. The van der Waals surface area contributed by atoms with E-state index >= 15 is 0 Å². The molecule has 1 N–H and O–H groups in total. The van der Waals surface area contributed by atoms with Crippen molar-refractivity contribution in [3.63, 3.8) is 0 Å². The summed E-state index contributed by atoms with van der Waals surface area (Å²) in [6.45, 7) is 4.04. The van der Waals surface area contributed by atoms with Crippen LogP contribution >= 0.6 is 11.3 Å². The summed E-state index contributed by atoms with van der Waals surface area (Å²) in [7, 11) is 1.87. The molecule has 0 bridgehead atoms. The molecule has 0 spiro atoms. The van der Waals surface area contributed by atoms with Gasteiger partial charge in [-0.1, -0.05) is 30.3 Å². The van der Waals surface area contributed by atoms with E-state index in [9.17, 15) is 9.59 Å². The summed E-state index contributed by atoms with van der Waals surface area (Å²) >= 11 is 1.61. The maximum atomic E-state index is 12.5. The molecule has 28 heavy (non-hydrogen) atoms. The standard InChI is InChI=1S/C21H24N4O2S/c1-23-17-7-12-28-19(17)13-18(23)21(27)22-14-20(26)25-10-8-24(9-11-25)15-16-5-3-2-4-6-16/h2-7,12-13H,8-11,14-15H2,1H3,(H,22,27). The average molecular weight is 397 g/mol. The molecule has 1 fully saturated rings. The van der Waals surface area contributed by atoms with Gasteiger partial charge in [-0.15, -0.1) is 11.3 Å². The van der Waals surface area contributed by atoms with E-state index in [1.165, 1.54) is 5.56 Å². The topological polar surface area (TPSA) is 57.6 Å². The molecule has 0 saturated carbocycles. The second kappa shape index (κ2) is 8.16. The fraction of sp³-hybridized carbons (Fsp3) is 0.333. The Morgan fingerprint density at radius 3 is 2.54 bits per heavy atom. The van der Waals surface area contributed by atoms with E-state index in [0.29, 0.717) is 18.8 Å². The van der Waals surface area contributed by atoms with Crippen LogP contribution in [0.3, 0.4) is 0 Å². The van der Waals surface area contributed by atoms with Crippen LogP contribution in [0.4, 0.5) is 0 Å². The predicted octanol–water partition coefficient (Wildman–Crippen LogP) is 2.31. The molecular formula is C21H24N4O2S. The summed E-state index contributed by atoms with van der Waals surface area (Å²) in [6, 6.07) is 14.2. The third kappa shape index (κ3) is 3.95. The smallest absolute Gasteiger partial charge is 0.268 e. The zero-order chi connectivity index (χ0) is 19.5. The normalized spacial score (nSPS) is 15.1. The van der Waals surface area contributed by atoms with E-state index in [1.807, 2.05) is 52.2 Å². The van der Waals surface area contributed by atoms with Crippen molar-refractivity contribution < 1.29 is 9.59 Å². The average Bonchev–Trinajstić information content (AvgIpc) is 3.30. The molecule has 0 atom stereocenters. The summed E-state index contributed by atoms with van der Waals surface area (Å²) in [5.41, 5.74) is 2.91. The first-order valence-electron chi connectivity index (χ1n) is 9.47. The van der Waals surface area contributed by atoms with Gasteiger partial charge in [-0.2, -0.15) is 0 Å². The zero-order valence-corrected chi connectivity index (χ0v) is 16.7. The maximum Gasteiger partial charge on any atom is 0.268 e. The molecule has 1 aliphatic heterocycles. The molecule has 1 aliphatic rings. The third-order valence-electron chi connectivity index (χ3n) is 5.27. The van der Waals surface area contributed by atoms with Gasteiger partial charge in [0.1, 0.15) is 5.69 Å². The number of piperazine rings is 1. The van der Waals surface area contributed by atoms with E-state index in [2.05, 4.69) is 22.3 Å². The number of aryl methyl sites for hydroxylation is 1. The van der Waals surface area contributed by atoms with Crippen molar-refractivity contribution in [2.75, 3.05) is 32.7 Å². The number of thiophene rings is 1. The molecular weight excluding hydrogens is 372 g/mol. The van der Waals surface area contributed by atoms with E-state index in [0.717, 1.165) is 29.9 Å². The van der Waals surface area contributed by atoms with Crippen LogP contribution in [0.25, 0.3) is 10.2 Å². The Morgan fingerprint density at radius 2 is 1.82 bits per heavy atom. The van der Waals surface area contributed by atoms with Crippen molar-refractivity contribution >= 4 is 33.4 Å². The molecule has 3 aromatic rings. The van der Waals surface area contributed by atoms with Crippen LogP contribution in [0.1, 0.15) is 16.1 Å². The van der Waals surface area contributed by atoms with Crippen molar-refractivity contribution in [3.05, 3.63) is 59.1 Å². The third-order valence-corrected chi connectivity index (χ3v) is 6.12. The lowest BCUT2D eigenvalue weighted by Gasteiger charge is -2.34. The van der Waals surface area contributed by atoms with Crippen LogP contribution in [-0.4, -0.2) is 58.9 Å². The molecule has 1 aromatic carbocycles. The number of benzene rings is 1. The second-order valence-corrected chi connectivity index (χ2v) is 8.03. The number of nitrogens with zero attached hydrogens (tertiary/aromatic N) is 3. The Labute approximate surface area is 168 Å². The number of carbonyl (C=O) groups is 2. The van der Waals surface area contributed by atoms with Crippen LogP contribution < -0.4 is 5.32 Å². The highest BCUT2D eigenvalue weighted by molar-refractivity contribution is 7.17. The Hall–Kier alpha value is -2.64. The molecule has 0 aliphatic carbocycles. The van der Waals surface area contributed by atoms with E-state index < -0.39 is 0 Å². The monoisotopic (exact) mass is 396 g/mol. The van der Waals surface area contributed by atoms with Crippen LogP contribution in [0.15, 0.2) is 47.8 Å². The molecule has 6 nitrogen and oxygen atoms in total. The number of carbonyl (C=O) groups excluding carboxylic acids is 2. The van der Waals surface area contributed by atoms with Crippen molar-refractivity contribution in [2.45, 2.75) is 6.54 Å². The summed E-state index contributed by atoms with van der Waals surface area (Å²) in [6.07, 6.45) is 0. The lowest BCUT2D eigenvalue weighted by molar-refractivity contribution is -0.131. The highest BCUT2D eigenvalue weighted by Gasteiger charge is 2.22. The van der Waals surface area contributed by atoms with Crippen molar-refractivity contribution in [3.8, 4) is 0 Å². The fourth-order valence-electron chi connectivity index (χ4n) is 3.62. The molecule has 0 unspecified atom stereocenters. The molecule has 7 heteroatoms. The van der Waals surface area contributed by atoms with Crippen molar-refractivity contribution in [2.24, 2.45) is 7.05 Å². The second-order valence-electron chi connectivity index (χ2n) is 7.08. The number of amides is 2. The van der Waals surface area contributed by atoms with Crippen LogP contribution in [0.2, 0.25) is 0 Å². The lowest BCUT2D eigenvalue weighted by Crippen LogP contribution is -2.50. The number of hydrogen-bond donors (Lipinski definition) is 1. The predicted molar refractivity (Wildman–Crippen MR) is 111 cm³/mol. The zero-order valence-electron chi connectivity index (χ0n) is 15.9. The number of rotatable bonds is 5. The van der Waals surface area contributed by atoms with E-state index in [1.54, 1.807) is 11.3 Å². The SMILES string of the molecule is Cn1c(C(=O)NCC(=O)N2CCN(Cc3ccccc3)CC2)cc2sccc21. The first-order valence-corrected chi connectivity index (χ1v) is 10.3. The molecule has 2 amide bonds. The largest absolute Gasteiger partial charge is 0.342 e. The van der Waals surface area contributed by atoms with Crippen molar-refractivity contribution in [1.29, 1.82) is 0 Å². The number of aromatic nitrogens is 1. The minimum absolute atomic E-state index is 0.0243. The van der Waals surface area contributed by atoms with Gasteiger partial charge in [0, 0.05) is 39.8 Å². The Morgan fingerprint density at radius 1 is 1.07 bits per heavy atom. The van der Waals surface area contributed by atoms with Crippen LogP contribution in [0.5, 0.6) is 0 Å². The molecule has 3 heterocycles. The van der Waals surface area contributed by atoms with Gasteiger partial charge >= 0.3 is 0 Å². The Balaban J connectivity index is 1.26. The summed E-state index contributed by atoms with van der Waals surface area (Å²) in [4.78, 5) is 29.2. The van der Waals surface area contributed by atoms with Gasteiger partial charge in [-0.25, -0.2) is 0 Å². The number of nitrogens with one attached hydrogen (secondary N) is 1. The van der Waals surface area contributed by atoms with Gasteiger partial charge in [0.05, 0.1) is 16.8 Å². The molecule has 2 aromatic heterocycles. The Kier molecular flexibility index (Phi) is 5.45. The highest BCUT2D eigenvalue weighted by atomic mass is 32.1. The fourth-order valence-corrected chi connectivity index (χ4v) is 4.47. The first-order chi connectivity index (χ1) is 13.6. The van der Waals surface area contributed by atoms with E-state index in [4.69, 9.17) is 0 Å². The Bertz CT molecular complexity index is 971. The molecule has 0 radical (unpaired) electrons. The highest BCUT2D eigenvalue weighted by Crippen LogP contribution is 2.24. The van der Waals surface area contributed by atoms with Gasteiger partial charge in [0.25, 0.3) is 5.91 Å². The minimum Gasteiger partial charge on any atom is -0.342 e. The molecule has 1 saturated heterocycles. The number of fused-ring (bicyclic) bond motifs is 1. The lowest BCUT2D eigenvalue weighted by atomic mass is 10.2. The summed E-state index contributed by atoms with van der Waals surface area (Å²) < 4.78 is 2.95. The maximum absolute atomic E-state index is 12.5. The van der Waals surface area contributed by atoms with Gasteiger partial charge in [-0.05, 0) is 23.1 Å². The van der Waals surface area contributed by atoms with Crippen LogP contribution in [0, 0.1) is 0 Å². The summed E-state index contributed by atoms with van der Waals surface area (Å²) in [5.74, 6) is -0.231. The van der Waals surface area contributed by atoms with Crippen molar-refractivity contribution in [1.82, 2.24) is 19.7 Å². The van der Waals surface area contributed by atoms with Crippen LogP contribution in [-0.2, 0) is 18.4 Å². The van der Waals surface area contributed by atoms with Gasteiger partial charge in [0.15, 0.2) is 0 Å². The first kappa shape index (κ1) is 18.7. The molecule has 4 rings (SSSR count). The number of hydrogen-bond acceptors (Lipinski definition) is 4.